The Balaban J connectivity index is 0.000001000. The van der Waals surface area contributed by atoms with Crippen molar-refractivity contribution < 1.29 is 32.7 Å². The van der Waals surface area contributed by atoms with Crippen molar-refractivity contribution in [1.82, 2.24) is 11.0 Å². The maximum Gasteiger partial charge on any atom is 0.00749 e. The first-order chi connectivity index (χ1) is 4.93. The molecule has 11 heavy (non-hydrogen) atoms. The first kappa shape index (κ1) is 11.5. The van der Waals surface area contributed by atoms with Gasteiger partial charge in [-0.05, 0) is 11.7 Å². The minimum atomic E-state index is 0. The molecule has 0 saturated heterocycles. The van der Waals surface area contributed by atoms with Gasteiger partial charge in [0.25, 0.3) is 0 Å². The number of thioether (sulfide) groups is 1. The van der Waals surface area contributed by atoms with Crippen LogP contribution in [0.1, 0.15) is 6.42 Å². The van der Waals surface area contributed by atoms with Gasteiger partial charge in [0.05, 0.1) is 0 Å². The standard InChI is InChI=1S/C6H10N3S.Y/c1-10-4-2-3-6-5-7-9-8-6;/h2,4-5,8-9H,3H2,1H3;/q-1;/b4-2+;. The van der Waals surface area contributed by atoms with E-state index < -0.39 is 0 Å². The van der Waals surface area contributed by atoms with Crippen LogP contribution in [0.2, 0.25) is 0 Å². The zero-order valence-corrected chi connectivity index (χ0v) is 10.0. The zero-order valence-electron chi connectivity index (χ0n) is 6.37. The van der Waals surface area contributed by atoms with Crippen LogP contribution >= 0.6 is 11.8 Å². The van der Waals surface area contributed by atoms with Crippen LogP contribution in [0.15, 0.2) is 23.4 Å². The van der Waals surface area contributed by atoms with E-state index >= 15 is 0 Å². The van der Waals surface area contributed by atoms with Gasteiger partial charge in [0, 0.05) is 44.8 Å². The quantitative estimate of drug-likeness (QED) is 0.791. The third-order valence-corrected chi connectivity index (χ3v) is 1.54. The van der Waals surface area contributed by atoms with Crippen molar-refractivity contribution in [1.29, 1.82) is 0 Å². The molecule has 0 aromatic rings. The van der Waals surface area contributed by atoms with E-state index in [1.807, 2.05) is 6.26 Å². The summed E-state index contributed by atoms with van der Waals surface area (Å²) >= 11 is 1.70. The number of hydrazine groups is 1. The van der Waals surface area contributed by atoms with E-state index in [1.54, 1.807) is 18.0 Å². The number of allylic oxidation sites excluding steroid dienone is 1. The minimum absolute atomic E-state index is 0. The van der Waals surface area contributed by atoms with Crippen LogP contribution in [0.25, 0.3) is 5.43 Å². The maximum absolute atomic E-state index is 3.78. The number of nitrogens with zero attached hydrogens (tertiary/aromatic N) is 1. The molecule has 0 saturated carbocycles. The second kappa shape index (κ2) is 7.16. The Morgan fingerprint density at radius 3 is 3.09 bits per heavy atom. The second-order valence-corrected chi connectivity index (χ2v) is 2.58. The number of rotatable bonds is 3. The molecule has 5 heteroatoms. The first-order valence-corrected chi connectivity index (χ1v) is 4.30. The van der Waals surface area contributed by atoms with Crippen LogP contribution in [-0.2, 0) is 32.7 Å². The summed E-state index contributed by atoms with van der Waals surface area (Å²) in [4.78, 5) is 0. The summed E-state index contributed by atoms with van der Waals surface area (Å²) in [6.45, 7) is 0. The SMILES string of the molecule is CS/C=C/CC1=C[N-]NN1.[Y]. The molecule has 0 atom stereocenters. The third-order valence-electron chi connectivity index (χ3n) is 1.07. The summed E-state index contributed by atoms with van der Waals surface area (Å²) < 4.78 is 0. The molecule has 0 aromatic heterocycles. The molecule has 1 rings (SSSR count). The van der Waals surface area contributed by atoms with E-state index in [4.69, 9.17) is 0 Å². The molecule has 2 N–H and O–H groups in total. The Hall–Kier alpha value is 0.494. The molecule has 0 spiro atoms. The Morgan fingerprint density at radius 2 is 2.55 bits per heavy atom. The monoisotopic (exact) mass is 245 g/mol. The number of hydrogen-bond donors (Lipinski definition) is 2. The summed E-state index contributed by atoms with van der Waals surface area (Å²) in [5.41, 5.74) is 10.4. The molecule has 59 valence electrons. The van der Waals surface area contributed by atoms with Crippen LogP contribution in [0.5, 0.6) is 0 Å². The molecular weight excluding hydrogens is 235 g/mol. The predicted octanol–water partition coefficient (Wildman–Crippen LogP) is 1.49. The van der Waals surface area contributed by atoms with Gasteiger partial charge in [-0.3, -0.25) is 0 Å². The molecule has 1 aliphatic heterocycles. The molecule has 0 aromatic carbocycles. The van der Waals surface area contributed by atoms with Crippen molar-refractivity contribution in [2.75, 3.05) is 6.26 Å². The van der Waals surface area contributed by atoms with E-state index in [1.165, 1.54) is 0 Å². The Labute approximate surface area is 96.3 Å². The minimum Gasteiger partial charge on any atom is -0.609 e. The van der Waals surface area contributed by atoms with Gasteiger partial charge in [-0.15, -0.1) is 18.0 Å². The van der Waals surface area contributed by atoms with Crippen molar-refractivity contribution in [2.45, 2.75) is 6.42 Å². The summed E-state index contributed by atoms with van der Waals surface area (Å²) in [7, 11) is 0. The molecular formula is C6H10N3SY-. The summed E-state index contributed by atoms with van der Waals surface area (Å²) in [5.74, 6) is 0. The summed E-state index contributed by atoms with van der Waals surface area (Å²) in [6.07, 6.45) is 6.82. The second-order valence-electron chi connectivity index (χ2n) is 1.83. The van der Waals surface area contributed by atoms with Gasteiger partial charge >= 0.3 is 0 Å². The molecule has 0 unspecified atom stereocenters. The van der Waals surface area contributed by atoms with Gasteiger partial charge in [-0.2, -0.15) is 0 Å². The van der Waals surface area contributed by atoms with Crippen molar-refractivity contribution in [2.24, 2.45) is 0 Å². The molecule has 3 nitrogen and oxygen atoms in total. The van der Waals surface area contributed by atoms with E-state index in [9.17, 15) is 0 Å². The van der Waals surface area contributed by atoms with Gasteiger partial charge in [0.1, 0.15) is 0 Å². The fourth-order valence-corrected chi connectivity index (χ4v) is 0.910. The van der Waals surface area contributed by atoms with Gasteiger partial charge in [-0.25, -0.2) is 0 Å². The van der Waals surface area contributed by atoms with E-state index in [0.29, 0.717) is 0 Å². The molecule has 0 fully saturated rings. The zero-order chi connectivity index (χ0) is 7.23. The summed E-state index contributed by atoms with van der Waals surface area (Å²) in [6, 6.07) is 0. The molecule has 1 radical (unpaired) electrons. The molecule has 0 aliphatic carbocycles. The van der Waals surface area contributed by atoms with Crippen LogP contribution in [0.4, 0.5) is 0 Å². The van der Waals surface area contributed by atoms with Crippen molar-refractivity contribution >= 4 is 11.8 Å². The molecule has 1 heterocycles. The number of hydrogen-bond acceptors (Lipinski definition) is 3. The average Bonchev–Trinajstić information content (AvgIpc) is 2.41. The molecule has 0 amide bonds. The van der Waals surface area contributed by atoms with E-state index in [2.05, 4.69) is 27.9 Å². The Bertz CT molecular complexity index is 158. The third kappa shape index (κ3) is 4.85. The summed E-state index contributed by atoms with van der Waals surface area (Å²) in [5, 5.41) is 2.06. The van der Waals surface area contributed by atoms with Crippen molar-refractivity contribution in [3.63, 3.8) is 0 Å². The van der Waals surface area contributed by atoms with E-state index in [0.717, 1.165) is 12.1 Å². The van der Waals surface area contributed by atoms with Crippen LogP contribution < -0.4 is 11.0 Å². The van der Waals surface area contributed by atoms with Crippen LogP contribution in [0.3, 0.4) is 0 Å². The normalized spacial score (nSPS) is 15.2. The van der Waals surface area contributed by atoms with Crippen molar-refractivity contribution in [3.05, 3.63) is 28.8 Å². The van der Waals surface area contributed by atoms with Crippen LogP contribution in [-0.4, -0.2) is 6.26 Å². The Morgan fingerprint density at radius 1 is 1.73 bits per heavy atom. The first-order valence-electron chi connectivity index (χ1n) is 3.01. The smallest absolute Gasteiger partial charge is 0.00749 e. The topological polar surface area (TPSA) is 38.2 Å². The van der Waals surface area contributed by atoms with E-state index in [-0.39, 0.29) is 32.7 Å². The molecule has 1 aliphatic rings. The molecule has 0 bridgehead atoms. The largest absolute Gasteiger partial charge is 0.609 e. The van der Waals surface area contributed by atoms with Crippen molar-refractivity contribution in [3.8, 4) is 0 Å². The van der Waals surface area contributed by atoms with Gasteiger partial charge in [0.15, 0.2) is 0 Å². The van der Waals surface area contributed by atoms with Gasteiger partial charge in [0.2, 0.25) is 0 Å². The fraction of sp³-hybridized carbons (Fsp3) is 0.333. The van der Waals surface area contributed by atoms with Gasteiger partial charge in [-0.1, -0.05) is 6.08 Å². The fourth-order valence-electron chi connectivity index (χ4n) is 0.622. The van der Waals surface area contributed by atoms with Gasteiger partial charge < -0.3 is 16.4 Å². The number of nitrogens with one attached hydrogen (secondary N) is 2. The van der Waals surface area contributed by atoms with Crippen LogP contribution in [0, 0.1) is 0 Å². The maximum atomic E-state index is 3.78. The average molecular weight is 245 g/mol. The predicted molar refractivity (Wildman–Crippen MR) is 45.0 cm³/mol. The Kier molecular flexibility index (Phi) is 7.48.